The summed E-state index contributed by atoms with van der Waals surface area (Å²) >= 11 is 0. The monoisotopic (exact) mass is 286 g/mol. The Kier molecular flexibility index (Phi) is 3.99. The highest BCUT2D eigenvalue weighted by molar-refractivity contribution is 7.94. The lowest BCUT2D eigenvalue weighted by Gasteiger charge is -2.16. The topological polar surface area (TPSA) is 68.3 Å². The minimum absolute atomic E-state index is 0.150. The number of halogens is 6. The maximum atomic E-state index is 11.9. The van der Waals surface area contributed by atoms with Gasteiger partial charge in [-0.2, -0.15) is 26.3 Å². The van der Waals surface area contributed by atoms with Crippen LogP contribution in [0.3, 0.4) is 0 Å². The lowest BCUT2D eigenvalue weighted by atomic mass is 10.2. The molecule has 0 saturated heterocycles. The van der Waals surface area contributed by atoms with E-state index in [2.05, 4.69) is 0 Å². The average Bonchev–Trinajstić information content (AvgIpc) is 1.98. The van der Waals surface area contributed by atoms with Crippen molar-refractivity contribution in [3.8, 4) is 0 Å². The van der Waals surface area contributed by atoms with Gasteiger partial charge < -0.3 is 0 Å². The number of ketones is 2. The molecule has 1 unspecified atom stereocenters. The molecule has 0 N–H and O–H groups in total. The van der Waals surface area contributed by atoms with E-state index in [-0.39, 0.29) is 6.92 Å². The van der Waals surface area contributed by atoms with E-state index in [1.165, 1.54) is 0 Å². The third-order valence-corrected chi connectivity index (χ3v) is 3.33. The maximum absolute atomic E-state index is 11.9. The number of hydrogen-bond donors (Lipinski definition) is 0. The summed E-state index contributed by atoms with van der Waals surface area (Å²) in [5.41, 5.74) is -6.12. The van der Waals surface area contributed by atoms with Crippen LogP contribution < -0.4 is 0 Å². The van der Waals surface area contributed by atoms with E-state index in [4.69, 9.17) is 0 Å². The zero-order valence-corrected chi connectivity index (χ0v) is 8.70. The van der Waals surface area contributed by atoms with Gasteiger partial charge in [0.05, 0.1) is 0 Å². The molecule has 0 heterocycles. The van der Waals surface area contributed by atoms with E-state index >= 15 is 0 Å². The fraction of sp³-hybridized carbons (Fsp3) is 0.667. The first-order valence-corrected chi connectivity index (χ1v) is 5.19. The van der Waals surface area contributed by atoms with Crippen LogP contribution >= 0.6 is 0 Å². The Morgan fingerprint density at radius 2 is 1.35 bits per heavy atom. The smallest absolute Gasteiger partial charge is 0.298 e. The molecule has 17 heavy (non-hydrogen) atoms. The standard InChI is InChI=1S/C6H4F6O4S/c1-2(13)3(4(14)5(7,8)9)17(15,16)6(10,11)12/h3H,1H3. The zero-order chi connectivity index (χ0) is 14.2. The number of rotatable bonds is 3. The normalized spacial score (nSPS) is 15.5. The molecule has 1 atom stereocenters. The number of alkyl halides is 6. The van der Waals surface area contributed by atoms with E-state index in [1.54, 1.807) is 0 Å². The van der Waals surface area contributed by atoms with Crippen LogP contribution in [0.15, 0.2) is 0 Å². The zero-order valence-electron chi connectivity index (χ0n) is 7.89. The Morgan fingerprint density at radius 1 is 1.00 bits per heavy atom. The number of sulfone groups is 1. The lowest BCUT2D eigenvalue weighted by Crippen LogP contribution is -2.48. The molecule has 0 rings (SSSR count). The molecule has 4 nitrogen and oxygen atoms in total. The first-order valence-electron chi connectivity index (χ1n) is 3.64. The molecule has 0 aromatic carbocycles. The highest BCUT2D eigenvalue weighted by Crippen LogP contribution is 2.31. The molecule has 0 aliphatic heterocycles. The Labute approximate surface area is 90.5 Å². The molecule has 0 aromatic rings. The fourth-order valence-corrected chi connectivity index (χ4v) is 1.95. The second kappa shape index (κ2) is 4.27. The van der Waals surface area contributed by atoms with Gasteiger partial charge in [0.2, 0.25) is 0 Å². The molecule has 0 spiro atoms. The predicted molar refractivity (Wildman–Crippen MR) is 40.5 cm³/mol. The third-order valence-electron chi connectivity index (χ3n) is 1.52. The number of carbonyl (C=O) groups excluding carboxylic acids is 2. The second-order valence-corrected chi connectivity index (χ2v) is 4.87. The number of hydrogen-bond acceptors (Lipinski definition) is 4. The van der Waals surface area contributed by atoms with E-state index in [0.29, 0.717) is 0 Å². The van der Waals surface area contributed by atoms with Crippen molar-refractivity contribution < 1.29 is 44.3 Å². The summed E-state index contributed by atoms with van der Waals surface area (Å²) in [6.07, 6.45) is -5.85. The maximum Gasteiger partial charge on any atom is 0.498 e. The summed E-state index contributed by atoms with van der Waals surface area (Å²) in [6.45, 7) is 0.150. The Morgan fingerprint density at radius 3 is 1.53 bits per heavy atom. The fourth-order valence-electron chi connectivity index (χ4n) is 0.826. The number of Topliss-reactive ketones (excluding diaryl/α,β-unsaturated/α-hetero) is 2. The van der Waals surface area contributed by atoms with Gasteiger partial charge in [0.15, 0.2) is 11.0 Å². The van der Waals surface area contributed by atoms with Crippen molar-refractivity contribution >= 4 is 21.4 Å². The van der Waals surface area contributed by atoms with Crippen molar-refractivity contribution in [3.63, 3.8) is 0 Å². The first-order chi connectivity index (χ1) is 7.23. The largest absolute Gasteiger partial charge is 0.498 e. The molecule has 0 aromatic heterocycles. The van der Waals surface area contributed by atoms with Crippen molar-refractivity contribution in [1.82, 2.24) is 0 Å². The summed E-state index contributed by atoms with van der Waals surface area (Å²) in [5.74, 6) is -5.31. The van der Waals surface area contributed by atoms with E-state index < -0.39 is 38.3 Å². The van der Waals surface area contributed by atoms with Crippen molar-refractivity contribution in [1.29, 1.82) is 0 Å². The van der Waals surface area contributed by atoms with Gasteiger partial charge in [-0.3, -0.25) is 9.59 Å². The lowest BCUT2D eigenvalue weighted by molar-refractivity contribution is -0.171. The molecule has 0 aliphatic carbocycles. The molecular weight excluding hydrogens is 282 g/mol. The Bertz CT molecular complexity index is 430. The van der Waals surface area contributed by atoms with Crippen LogP contribution in [0.5, 0.6) is 0 Å². The van der Waals surface area contributed by atoms with Crippen molar-refractivity contribution in [2.24, 2.45) is 0 Å². The highest BCUT2D eigenvalue weighted by Gasteiger charge is 2.60. The van der Waals surface area contributed by atoms with Crippen LogP contribution in [-0.2, 0) is 19.4 Å². The first kappa shape index (κ1) is 15.9. The van der Waals surface area contributed by atoms with Crippen molar-refractivity contribution in [2.45, 2.75) is 23.9 Å². The van der Waals surface area contributed by atoms with Gasteiger partial charge in [0.25, 0.3) is 15.6 Å². The summed E-state index contributed by atoms with van der Waals surface area (Å²) in [7, 11) is -6.54. The van der Waals surface area contributed by atoms with Gasteiger partial charge in [0.1, 0.15) is 0 Å². The summed E-state index contributed by atoms with van der Waals surface area (Å²) < 4.78 is 92.6. The SMILES string of the molecule is CC(=O)C(C(=O)C(F)(F)F)S(=O)(=O)C(F)(F)F. The molecule has 0 aliphatic rings. The van der Waals surface area contributed by atoms with E-state index in [9.17, 15) is 44.3 Å². The Hall–Kier alpha value is -1.13. The van der Waals surface area contributed by atoms with Gasteiger partial charge in [-0.15, -0.1) is 0 Å². The molecule has 100 valence electrons. The van der Waals surface area contributed by atoms with Crippen LogP contribution in [0.1, 0.15) is 6.92 Å². The highest BCUT2D eigenvalue weighted by atomic mass is 32.2. The van der Waals surface area contributed by atoms with Crippen LogP contribution in [-0.4, -0.2) is 36.9 Å². The summed E-state index contributed by atoms with van der Waals surface area (Å²) in [5, 5.41) is -3.80. The molecule has 0 fully saturated rings. The van der Waals surface area contributed by atoms with Gasteiger partial charge in [-0.25, -0.2) is 8.42 Å². The van der Waals surface area contributed by atoms with Crippen LogP contribution in [0.2, 0.25) is 0 Å². The quantitative estimate of drug-likeness (QED) is 0.573. The predicted octanol–water partition coefficient (Wildman–Crippen LogP) is 1.01. The molecule has 0 saturated carbocycles. The summed E-state index contributed by atoms with van der Waals surface area (Å²) in [4.78, 5) is 21.0. The van der Waals surface area contributed by atoms with E-state index in [0.717, 1.165) is 0 Å². The molecular formula is C6H4F6O4S. The van der Waals surface area contributed by atoms with Crippen molar-refractivity contribution in [3.05, 3.63) is 0 Å². The van der Waals surface area contributed by atoms with Gasteiger partial charge in [-0.05, 0) is 6.92 Å². The van der Waals surface area contributed by atoms with Gasteiger partial charge in [0, 0.05) is 0 Å². The van der Waals surface area contributed by atoms with Crippen molar-refractivity contribution in [2.75, 3.05) is 0 Å². The van der Waals surface area contributed by atoms with Gasteiger partial charge in [-0.1, -0.05) is 0 Å². The van der Waals surface area contributed by atoms with Gasteiger partial charge >= 0.3 is 11.7 Å². The average molecular weight is 286 g/mol. The molecule has 0 bridgehead atoms. The third kappa shape index (κ3) is 3.17. The molecule has 0 amide bonds. The second-order valence-electron chi connectivity index (χ2n) is 2.84. The summed E-state index contributed by atoms with van der Waals surface area (Å²) in [6, 6.07) is 0. The van der Waals surface area contributed by atoms with Crippen LogP contribution in [0.4, 0.5) is 26.3 Å². The Balaban J connectivity index is 5.77. The van der Waals surface area contributed by atoms with Crippen LogP contribution in [0, 0.1) is 0 Å². The molecule has 11 heteroatoms. The number of carbonyl (C=O) groups is 2. The van der Waals surface area contributed by atoms with Crippen LogP contribution in [0.25, 0.3) is 0 Å². The molecule has 0 radical (unpaired) electrons. The minimum Gasteiger partial charge on any atom is -0.298 e. The van der Waals surface area contributed by atoms with E-state index in [1.807, 2.05) is 0 Å². The minimum atomic E-state index is -6.54.